The number of nitrogen functional groups attached to an aromatic ring is 6. The Morgan fingerprint density at radius 3 is 0.869 bits per heavy atom. The number of anilines is 6. The fourth-order valence-electron chi connectivity index (χ4n) is 8.20. The van der Waals surface area contributed by atoms with E-state index in [2.05, 4.69) is 128 Å². The summed E-state index contributed by atoms with van der Waals surface area (Å²) in [5.74, 6) is 0. The first-order chi connectivity index (χ1) is 29.3. The molecule has 0 unspecified atom stereocenters. The van der Waals surface area contributed by atoms with Gasteiger partial charge in [-0.3, -0.25) is 0 Å². The Morgan fingerprint density at radius 1 is 0.262 bits per heavy atom. The zero-order valence-corrected chi connectivity index (χ0v) is 38.5. The van der Waals surface area contributed by atoms with E-state index >= 15 is 0 Å². The van der Waals surface area contributed by atoms with E-state index in [-0.39, 0.29) is 0 Å². The third-order valence-electron chi connectivity index (χ3n) is 11.9. The highest BCUT2D eigenvalue weighted by atomic mass is 14.6. The van der Waals surface area contributed by atoms with Crippen LogP contribution in [0, 0.1) is 0 Å². The van der Waals surface area contributed by atoms with Gasteiger partial charge in [-0.15, -0.1) is 0 Å². The second-order valence-corrected chi connectivity index (χ2v) is 16.1. The second kappa shape index (κ2) is 23.2. The van der Waals surface area contributed by atoms with Crippen LogP contribution in [0.1, 0.15) is 133 Å². The van der Waals surface area contributed by atoms with Gasteiger partial charge in [-0.25, -0.2) is 0 Å². The highest BCUT2D eigenvalue weighted by molar-refractivity contribution is 5.59. The molecule has 0 aliphatic heterocycles. The summed E-state index contributed by atoms with van der Waals surface area (Å²) in [6.45, 7) is 17.3. The van der Waals surface area contributed by atoms with Crippen LogP contribution in [0.4, 0.5) is 34.1 Å². The maximum Gasteiger partial charge on any atom is 0.0379 e. The van der Waals surface area contributed by atoms with Crippen molar-refractivity contribution in [1.82, 2.24) is 0 Å². The van der Waals surface area contributed by atoms with E-state index in [9.17, 15) is 0 Å². The van der Waals surface area contributed by atoms with Crippen LogP contribution in [-0.2, 0) is 70.6 Å². The van der Waals surface area contributed by atoms with Crippen LogP contribution in [0.5, 0.6) is 0 Å². The smallest absolute Gasteiger partial charge is 0.0379 e. The van der Waals surface area contributed by atoms with E-state index in [4.69, 9.17) is 34.4 Å². The van der Waals surface area contributed by atoms with Crippen molar-refractivity contribution < 1.29 is 0 Å². The molecule has 6 aromatic carbocycles. The summed E-state index contributed by atoms with van der Waals surface area (Å²) in [5.41, 5.74) is 59.7. The fourth-order valence-corrected chi connectivity index (χ4v) is 8.20. The third kappa shape index (κ3) is 13.1. The third-order valence-corrected chi connectivity index (χ3v) is 11.9. The minimum Gasteiger partial charge on any atom is -0.399 e. The number of rotatable bonds is 14. The van der Waals surface area contributed by atoms with Crippen LogP contribution < -0.4 is 34.4 Å². The van der Waals surface area contributed by atoms with Gasteiger partial charge in [0.1, 0.15) is 0 Å². The molecule has 61 heavy (non-hydrogen) atoms. The molecular weight excluding hydrogens is 745 g/mol. The van der Waals surface area contributed by atoms with Gasteiger partial charge in [-0.2, -0.15) is 0 Å². The van der Waals surface area contributed by atoms with E-state index in [1.54, 1.807) is 0 Å². The highest BCUT2D eigenvalue weighted by Gasteiger charge is 2.11. The zero-order chi connectivity index (χ0) is 44.6. The van der Waals surface area contributed by atoms with E-state index in [1.165, 1.54) is 77.9 Å². The predicted molar refractivity (Wildman–Crippen MR) is 269 cm³/mol. The van der Waals surface area contributed by atoms with Crippen molar-refractivity contribution in [2.75, 3.05) is 34.4 Å². The van der Waals surface area contributed by atoms with E-state index in [1.807, 2.05) is 24.3 Å². The van der Waals surface area contributed by atoms with Crippen molar-refractivity contribution in [2.45, 2.75) is 126 Å². The average molecular weight is 819 g/mol. The van der Waals surface area contributed by atoms with Gasteiger partial charge in [0.15, 0.2) is 0 Å². The summed E-state index contributed by atoms with van der Waals surface area (Å²) in [4.78, 5) is 0. The summed E-state index contributed by atoms with van der Waals surface area (Å²) in [6.07, 6.45) is 10.7. The van der Waals surface area contributed by atoms with Crippen LogP contribution in [0.3, 0.4) is 0 Å². The van der Waals surface area contributed by atoms with E-state index in [0.717, 1.165) is 105 Å². The molecule has 0 radical (unpaired) electrons. The fraction of sp³-hybridized carbons (Fsp3) is 0.345. The molecule has 0 bridgehead atoms. The van der Waals surface area contributed by atoms with Gasteiger partial charge in [-0.1, -0.05) is 116 Å². The van der Waals surface area contributed by atoms with Crippen LogP contribution in [-0.4, -0.2) is 0 Å². The summed E-state index contributed by atoms with van der Waals surface area (Å²) < 4.78 is 0. The Bertz CT molecular complexity index is 2140. The lowest BCUT2D eigenvalue weighted by Crippen LogP contribution is -2.04. The second-order valence-electron chi connectivity index (χ2n) is 16.1. The molecule has 6 nitrogen and oxygen atoms in total. The molecule has 0 aromatic heterocycles. The molecule has 0 saturated carbocycles. The quantitative estimate of drug-likeness (QED) is 0.0601. The summed E-state index contributed by atoms with van der Waals surface area (Å²) in [6, 6.07) is 34.1. The normalized spacial score (nSPS) is 10.8. The van der Waals surface area contributed by atoms with Gasteiger partial charge in [0.05, 0.1) is 0 Å². The number of hydrogen-bond donors (Lipinski definition) is 6. The lowest BCUT2D eigenvalue weighted by Gasteiger charge is -2.15. The Morgan fingerprint density at radius 2 is 0.557 bits per heavy atom. The Labute approximate surface area is 368 Å². The average Bonchev–Trinajstić information content (AvgIpc) is 3.27. The molecule has 6 rings (SSSR count). The molecule has 0 amide bonds. The van der Waals surface area contributed by atoms with Crippen molar-refractivity contribution in [3.05, 3.63) is 175 Å². The molecule has 0 aliphatic rings. The van der Waals surface area contributed by atoms with Crippen LogP contribution >= 0.6 is 0 Å². The molecule has 12 N–H and O–H groups in total. The van der Waals surface area contributed by atoms with Gasteiger partial charge in [0.2, 0.25) is 0 Å². The largest absolute Gasteiger partial charge is 0.399 e. The lowest BCUT2D eigenvalue weighted by molar-refractivity contribution is 1.02. The predicted octanol–water partition coefficient (Wildman–Crippen LogP) is 11.8. The van der Waals surface area contributed by atoms with Gasteiger partial charge in [0, 0.05) is 34.1 Å². The van der Waals surface area contributed by atoms with Gasteiger partial charge < -0.3 is 34.4 Å². The standard InChI is InChI=1S/C21H30N2.2C17H22N2/c1-5-16-10-14(11-17(6-2)20(16)22)9-15-12-18(7-3)21(23)19(8-4)13-15;1-3-14-10-12(5-7-16(14)18)9-13-6-8-17(19)15(4-2)11-13;1-3-12-10-16(18)7-5-14(12)9-15-6-8-17(19)11-13(15)4-2/h10-13H,5-9,22-23H2,1-4H3;2*5-8,10-11H,3-4,9,18-19H2,1-2H3. The van der Waals surface area contributed by atoms with E-state index < -0.39 is 0 Å². The number of hydrogen-bond acceptors (Lipinski definition) is 6. The van der Waals surface area contributed by atoms with Gasteiger partial charge in [-0.05, 0) is 185 Å². The summed E-state index contributed by atoms with van der Waals surface area (Å²) >= 11 is 0. The van der Waals surface area contributed by atoms with Crippen LogP contribution in [0.25, 0.3) is 0 Å². The monoisotopic (exact) mass is 819 g/mol. The first kappa shape index (κ1) is 47.8. The minimum atomic E-state index is 0.841. The Balaban J connectivity index is 0.000000203. The zero-order valence-electron chi connectivity index (χ0n) is 38.5. The van der Waals surface area contributed by atoms with Crippen LogP contribution in [0.2, 0.25) is 0 Å². The van der Waals surface area contributed by atoms with Crippen molar-refractivity contribution in [3.63, 3.8) is 0 Å². The number of nitrogens with two attached hydrogens (primary N) is 6. The van der Waals surface area contributed by atoms with Crippen molar-refractivity contribution >= 4 is 34.1 Å². The van der Waals surface area contributed by atoms with Gasteiger partial charge in [0.25, 0.3) is 0 Å². The molecule has 0 atom stereocenters. The highest BCUT2D eigenvalue weighted by Crippen LogP contribution is 2.28. The maximum absolute atomic E-state index is 6.26. The van der Waals surface area contributed by atoms with Gasteiger partial charge >= 0.3 is 0 Å². The van der Waals surface area contributed by atoms with Crippen molar-refractivity contribution in [3.8, 4) is 0 Å². The molecule has 0 spiro atoms. The van der Waals surface area contributed by atoms with Crippen molar-refractivity contribution in [2.24, 2.45) is 0 Å². The van der Waals surface area contributed by atoms with E-state index in [0.29, 0.717) is 0 Å². The molecule has 6 aromatic rings. The first-order valence-electron chi connectivity index (χ1n) is 22.6. The maximum atomic E-state index is 6.26. The minimum absolute atomic E-state index is 0.841. The first-order valence-corrected chi connectivity index (χ1v) is 22.6. The topological polar surface area (TPSA) is 156 Å². The summed E-state index contributed by atoms with van der Waals surface area (Å²) in [5, 5.41) is 0. The molecular formula is C55H74N6. The summed E-state index contributed by atoms with van der Waals surface area (Å²) in [7, 11) is 0. The SMILES string of the molecule is CCc1cc(Cc2cc(CC)c(N)c(CC)c2)cc(CC)c1N.CCc1cc(Cc2ccc(N)c(CC)c2)ccc1N.CCc1cc(N)ccc1Cc1ccc(N)cc1CC. The number of benzene rings is 6. The number of aryl methyl sites for hydroxylation is 8. The molecule has 6 heteroatoms. The van der Waals surface area contributed by atoms with Crippen LogP contribution in [0.15, 0.2) is 97.1 Å². The molecule has 0 saturated heterocycles. The molecule has 0 aliphatic carbocycles. The molecule has 0 heterocycles. The lowest BCUT2D eigenvalue weighted by atomic mass is 9.93. The Hall–Kier alpha value is -5.88. The molecule has 0 fully saturated rings. The molecule has 324 valence electrons. The van der Waals surface area contributed by atoms with Crippen molar-refractivity contribution in [1.29, 1.82) is 0 Å². The Kier molecular flexibility index (Phi) is 18.2.